The van der Waals surface area contributed by atoms with Crippen molar-refractivity contribution in [2.24, 2.45) is 0 Å². The third kappa shape index (κ3) is 2.51. The molecule has 0 saturated carbocycles. The SMILES string of the molecule is CC1(OCC(=O)O)CN(C2Cc3ccccc3C2)C1. The molecule has 19 heavy (non-hydrogen) atoms. The van der Waals surface area contributed by atoms with Crippen LogP contribution in [0.15, 0.2) is 24.3 Å². The van der Waals surface area contributed by atoms with Crippen LogP contribution < -0.4 is 0 Å². The van der Waals surface area contributed by atoms with Crippen molar-refractivity contribution >= 4 is 5.97 Å². The maximum Gasteiger partial charge on any atom is 0.329 e. The van der Waals surface area contributed by atoms with E-state index < -0.39 is 5.97 Å². The van der Waals surface area contributed by atoms with Crippen molar-refractivity contribution in [3.63, 3.8) is 0 Å². The fourth-order valence-electron chi connectivity index (χ4n) is 3.19. The second-order valence-corrected chi connectivity index (χ2v) is 5.87. The molecule has 0 bridgehead atoms. The van der Waals surface area contributed by atoms with Crippen LogP contribution in [0.5, 0.6) is 0 Å². The van der Waals surface area contributed by atoms with Crippen LogP contribution in [-0.2, 0) is 22.4 Å². The third-order valence-electron chi connectivity index (χ3n) is 4.17. The number of nitrogens with zero attached hydrogens (tertiary/aromatic N) is 1. The van der Waals surface area contributed by atoms with Crippen molar-refractivity contribution in [2.75, 3.05) is 19.7 Å². The molecule has 3 rings (SSSR count). The van der Waals surface area contributed by atoms with Crippen molar-refractivity contribution in [2.45, 2.75) is 31.4 Å². The topological polar surface area (TPSA) is 49.8 Å². The van der Waals surface area contributed by atoms with Gasteiger partial charge in [0.15, 0.2) is 0 Å². The molecule has 1 fully saturated rings. The number of carboxylic acids is 1. The minimum absolute atomic E-state index is 0.199. The van der Waals surface area contributed by atoms with Gasteiger partial charge in [-0.15, -0.1) is 0 Å². The summed E-state index contributed by atoms with van der Waals surface area (Å²) in [6.07, 6.45) is 2.20. The molecule has 1 aromatic carbocycles. The van der Waals surface area contributed by atoms with Crippen LogP contribution in [0.2, 0.25) is 0 Å². The Morgan fingerprint density at radius 2 is 1.95 bits per heavy atom. The molecule has 0 unspecified atom stereocenters. The number of carbonyl (C=O) groups is 1. The number of carboxylic acid groups (broad SMARTS) is 1. The van der Waals surface area contributed by atoms with Gasteiger partial charge in [-0.05, 0) is 30.9 Å². The molecule has 0 spiro atoms. The number of hydrogen-bond donors (Lipinski definition) is 1. The summed E-state index contributed by atoms with van der Waals surface area (Å²) in [5.74, 6) is -0.895. The lowest BCUT2D eigenvalue weighted by Crippen LogP contribution is -2.64. The lowest BCUT2D eigenvalue weighted by molar-refractivity contribution is -0.169. The summed E-state index contributed by atoms with van der Waals surface area (Å²) in [6.45, 7) is 3.46. The summed E-state index contributed by atoms with van der Waals surface area (Å²) in [4.78, 5) is 12.9. The first-order valence-electron chi connectivity index (χ1n) is 6.72. The standard InChI is InChI=1S/C15H19NO3/c1-15(19-8-14(17)18)9-16(10-15)13-6-11-4-2-3-5-12(11)7-13/h2-5,13H,6-10H2,1H3,(H,17,18). The molecule has 1 aromatic rings. The zero-order chi connectivity index (χ0) is 13.5. The van der Waals surface area contributed by atoms with E-state index in [0.717, 1.165) is 25.9 Å². The highest BCUT2D eigenvalue weighted by molar-refractivity contribution is 5.68. The molecule has 2 aliphatic rings. The molecular weight excluding hydrogens is 242 g/mol. The summed E-state index contributed by atoms with van der Waals surface area (Å²) in [5.41, 5.74) is 2.62. The van der Waals surface area contributed by atoms with E-state index in [9.17, 15) is 4.79 Å². The number of rotatable bonds is 4. The summed E-state index contributed by atoms with van der Waals surface area (Å²) in [5, 5.41) is 8.65. The second kappa shape index (κ2) is 4.62. The van der Waals surface area contributed by atoms with Gasteiger partial charge in [0.2, 0.25) is 0 Å². The van der Waals surface area contributed by atoms with Crippen LogP contribution in [0.25, 0.3) is 0 Å². The Bertz CT molecular complexity index is 469. The van der Waals surface area contributed by atoms with Gasteiger partial charge < -0.3 is 9.84 Å². The minimum atomic E-state index is -0.895. The van der Waals surface area contributed by atoms with E-state index in [4.69, 9.17) is 9.84 Å². The molecule has 4 heteroatoms. The molecule has 1 N–H and O–H groups in total. The molecule has 102 valence electrons. The predicted octanol–water partition coefficient (Wildman–Crippen LogP) is 1.33. The smallest absolute Gasteiger partial charge is 0.329 e. The van der Waals surface area contributed by atoms with Gasteiger partial charge in [0, 0.05) is 19.1 Å². The largest absolute Gasteiger partial charge is 0.480 e. The van der Waals surface area contributed by atoms with Gasteiger partial charge in [0.1, 0.15) is 6.61 Å². The highest BCUT2D eigenvalue weighted by Crippen LogP contribution is 2.33. The fraction of sp³-hybridized carbons (Fsp3) is 0.533. The van der Waals surface area contributed by atoms with Crippen LogP contribution in [0.1, 0.15) is 18.1 Å². The maximum atomic E-state index is 10.5. The van der Waals surface area contributed by atoms with Crippen molar-refractivity contribution < 1.29 is 14.6 Å². The highest BCUT2D eigenvalue weighted by atomic mass is 16.5. The Hall–Kier alpha value is -1.39. The monoisotopic (exact) mass is 261 g/mol. The summed E-state index contributed by atoms with van der Waals surface area (Å²) >= 11 is 0. The molecule has 0 aromatic heterocycles. The average Bonchev–Trinajstić information content (AvgIpc) is 2.76. The Morgan fingerprint density at radius 3 is 2.47 bits per heavy atom. The van der Waals surface area contributed by atoms with Gasteiger partial charge in [-0.25, -0.2) is 4.79 Å². The van der Waals surface area contributed by atoms with Crippen molar-refractivity contribution in [1.29, 1.82) is 0 Å². The molecule has 1 aliphatic carbocycles. The van der Waals surface area contributed by atoms with Gasteiger partial charge >= 0.3 is 5.97 Å². The molecule has 4 nitrogen and oxygen atoms in total. The predicted molar refractivity (Wildman–Crippen MR) is 71.2 cm³/mol. The van der Waals surface area contributed by atoms with Gasteiger partial charge in [0.05, 0.1) is 5.60 Å². The lowest BCUT2D eigenvalue weighted by Gasteiger charge is -2.50. The Morgan fingerprint density at radius 1 is 1.37 bits per heavy atom. The summed E-state index contributed by atoms with van der Waals surface area (Å²) in [6, 6.07) is 9.15. The molecular formula is C15H19NO3. The van der Waals surface area contributed by atoms with Crippen LogP contribution in [0.4, 0.5) is 0 Å². The third-order valence-corrected chi connectivity index (χ3v) is 4.17. The van der Waals surface area contributed by atoms with E-state index in [1.54, 1.807) is 0 Å². The molecule has 0 atom stereocenters. The van der Waals surface area contributed by atoms with E-state index in [1.165, 1.54) is 11.1 Å². The molecule has 1 aliphatic heterocycles. The number of hydrogen-bond acceptors (Lipinski definition) is 3. The minimum Gasteiger partial charge on any atom is -0.480 e. The number of benzene rings is 1. The molecule has 1 heterocycles. The van der Waals surface area contributed by atoms with Crippen LogP contribution in [0.3, 0.4) is 0 Å². The zero-order valence-corrected chi connectivity index (χ0v) is 11.1. The van der Waals surface area contributed by atoms with Crippen LogP contribution in [-0.4, -0.2) is 47.3 Å². The van der Waals surface area contributed by atoms with Gasteiger partial charge in [-0.3, -0.25) is 4.90 Å². The van der Waals surface area contributed by atoms with Crippen LogP contribution >= 0.6 is 0 Å². The Labute approximate surface area is 113 Å². The Balaban J connectivity index is 1.54. The summed E-state index contributed by atoms with van der Waals surface area (Å²) in [7, 11) is 0. The van der Waals surface area contributed by atoms with E-state index in [-0.39, 0.29) is 12.2 Å². The van der Waals surface area contributed by atoms with Crippen molar-refractivity contribution in [3.8, 4) is 0 Å². The van der Waals surface area contributed by atoms with E-state index in [2.05, 4.69) is 29.2 Å². The number of likely N-dealkylation sites (tertiary alicyclic amines) is 1. The van der Waals surface area contributed by atoms with Crippen LogP contribution in [0, 0.1) is 0 Å². The fourth-order valence-corrected chi connectivity index (χ4v) is 3.19. The summed E-state index contributed by atoms with van der Waals surface area (Å²) < 4.78 is 5.45. The number of fused-ring (bicyclic) bond motifs is 1. The van der Waals surface area contributed by atoms with Crippen molar-refractivity contribution in [1.82, 2.24) is 4.90 Å². The van der Waals surface area contributed by atoms with Gasteiger partial charge in [-0.2, -0.15) is 0 Å². The van der Waals surface area contributed by atoms with Gasteiger partial charge in [-0.1, -0.05) is 24.3 Å². The second-order valence-electron chi connectivity index (χ2n) is 5.87. The quantitative estimate of drug-likeness (QED) is 0.888. The first kappa shape index (κ1) is 12.6. The highest BCUT2D eigenvalue weighted by Gasteiger charge is 2.44. The van der Waals surface area contributed by atoms with E-state index in [1.807, 2.05) is 6.92 Å². The number of aliphatic carboxylic acids is 1. The zero-order valence-electron chi connectivity index (χ0n) is 11.1. The normalized spacial score (nSPS) is 21.9. The van der Waals surface area contributed by atoms with E-state index >= 15 is 0 Å². The first-order valence-corrected chi connectivity index (χ1v) is 6.72. The number of ether oxygens (including phenoxy) is 1. The molecule has 0 amide bonds. The van der Waals surface area contributed by atoms with Gasteiger partial charge in [0.25, 0.3) is 0 Å². The Kier molecular flexibility index (Phi) is 3.07. The molecule has 0 radical (unpaired) electrons. The first-order chi connectivity index (χ1) is 9.06. The molecule has 1 saturated heterocycles. The average molecular weight is 261 g/mol. The van der Waals surface area contributed by atoms with E-state index in [0.29, 0.717) is 6.04 Å². The van der Waals surface area contributed by atoms with Crippen molar-refractivity contribution in [3.05, 3.63) is 35.4 Å². The maximum absolute atomic E-state index is 10.5. The lowest BCUT2D eigenvalue weighted by atomic mass is 9.93.